The molecule has 2 aliphatic rings. The molecule has 4 heterocycles. The highest BCUT2D eigenvalue weighted by atomic mass is 35.5. The molecular weight excluding hydrogens is 364 g/mol. The third-order valence-corrected chi connectivity index (χ3v) is 4.66. The summed E-state index contributed by atoms with van der Waals surface area (Å²) in [5, 5.41) is 12.6. The van der Waals surface area contributed by atoms with E-state index in [1.54, 1.807) is 10.9 Å². The first-order valence-corrected chi connectivity index (χ1v) is 8.59. The second kappa shape index (κ2) is 6.14. The van der Waals surface area contributed by atoms with Crippen LogP contribution in [-0.4, -0.2) is 56.3 Å². The van der Waals surface area contributed by atoms with Crippen molar-refractivity contribution in [1.29, 1.82) is 0 Å². The molecule has 0 bridgehead atoms. The molecule has 2 aromatic rings. The summed E-state index contributed by atoms with van der Waals surface area (Å²) in [6, 6.07) is 1.54. The van der Waals surface area contributed by atoms with Gasteiger partial charge >= 0.3 is 0 Å². The fraction of sp³-hybridized carbons (Fsp3) is 0.562. The van der Waals surface area contributed by atoms with E-state index in [9.17, 15) is 9.90 Å². The number of hydrogen-bond acceptors (Lipinski definition) is 7. The Morgan fingerprint density at radius 3 is 2.85 bits per heavy atom. The Hall–Kier alpha value is -1.78. The average Bonchev–Trinajstić information content (AvgIpc) is 3.17. The monoisotopic (exact) mass is 382 g/mol. The number of carbonyl (C=O) groups is 1. The third kappa shape index (κ3) is 2.85. The molecule has 4 atom stereocenters. The molecule has 0 unspecified atom stereocenters. The van der Waals surface area contributed by atoms with Crippen LogP contribution in [0.4, 0.5) is 5.82 Å². The zero-order chi connectivity index (χ0) is 18.6. The largest absolute Gasteiger partial charge is 0.394 e. The van der Waals surface area contributed by atoms with Gasteiger partial charge in [-0.1, -0.05) is 11.6 Å². The summed E-state index contributed by atoms with van der Waals surface area (Å²) in [5.41, 5.74) is 0.920. The lowest BCUT2D eigenvalue weighted by Crippen LogP contribution is -2.31. The van der Waals surface area contributed by atoms with Crippen molar-refractivity contribution in [2.24, 2.45) is 0 Å². The molecule has 10 heteroatoms. The van der Waals surface area contributed by atoms with E-state index < -0.39 is 30.3 Å². The Bertz CT molecular complexity index is 870. The highest BCUT2D eigenvalue weighted by Gasteiger charge is 2.55. The summed E-state index contributed by atoms with van der Waals surface area (Å²) < 4.78 is 19.5. The van der Waals surface area contributed by atoms with E-state index in [0.717, 1.165) is 0 Å². The number of ether oxygens (including phenoxy) is 3. The molecule has 2 aliphatic heterocycles. The summed E-state index contributed by atoms with van der Waals surface area (Å²) in [7, 11) is 0. The van der Waals surface area contributed by atoms with Gasteiger partial charge < -0.3 is 24.6 Å². The van der Waals surface area contributed by atoms with Crippen LogP contribution >= 0.6 is 11.6 Å². The number of carbonyl (C=O) groups excluding carboxylic acids is 1. The first-order chi connectivity index (χ1) is 12.3. The minimum Gasteiger partial charge on any atom is -0.394 e. The molecule has 1 amide bonds. The first-order valence-electron chi connectivity index (χ1n) is 8.22. The maximum Gasteiger partial charge on any atom is 0.222 e. The van der Waals surface area contributed by atoms with Gasteiger partial charge in [-0.15, -0.1) is 0 Å². The van der Waals surface area contributed by atoms with Gasteiger partial charge in [0.25, 0.3) is 0 Å². The average molecular weight is 383 g/mol. The Kier molecular flexibility index (Phi) is 4.16. The predicted molar refractivity (Wildman–Crippen MR) is 91.7 cm³/mol. The molecule has 2 fully saturated rings. The number of aliphatic hydroxyl groups is 1. The third-order valence-electron chi connectivity index (χ3n) is 4.37. The van der Waals surface area contributed by atoms with E-state index in [1.807, 2.05) is 13.8 Å². The van der Waals surface area contributed by atoms with Crippen LogP contribution in [-0.2, 0) is 19.0 Å². The van der Waals surface area contributed by atoms with Crippen LogP contribution in [0.1, 0.15) is 27.0 Å². The Morgan fingerprint density at radius 1 is 1.42 bits per heavy atom. The standard InChI is InChI=1S/C16H19ClN4O5/c1-7(23)19-10-4-8(17)11-14(20-10)21(6-18-11)15-13-12(9(5-22)24-15)25-16(2,3)26-13/h4,6,9,12-13,15,22H,5H2,1-3H3,(H,19,20,23)/t9-,12-,13-,15-/m1/s1. The molecule has 9 nitrogen and oxygen atoms in total. The fourth-order valence-electron chi connectivity index (χ4n) is 3.43. The van der Waals surface area contributed by atoms with Crippen molar-refractivity contribution in [1.82, 2.24) is 14.5 Å². The van der Waals surface area contributed by atoms with Gasteiger partial charge in [0.05, 0.1) is 18.0 Å². The van der Waals surface area contributed by atoms with Crippen molar-refractivity contribution in [3.05, 3.63) is 17.4 Å². The molecule has 0 aliphatic carbocycles. The van der Waals surface area contributed by atoms with Crippen LogP contribution in [0.25, 0.3) is 11.2 Å². The second-order valence-electron chi connectivity index (χ2n) is 6.81. The number of hydrogen-bond donors (Lipinski definition) is 2. The van der Waals surface area contributed by atoms with Crippen molar-refractivity contribution in [2.45, 2.75) is 51.1 Å². The Labute approximate surface area is 154 Å². The fourth-order valence-corrected chi connectivity index (χ4v) is 3.67. The zero-order valence-corrected chi connectivity index (χ0v) is 15.2. The summed E-state index contributed by atoms with van der Waals surface area (Å²) in [6.45, 7) is 4.81. The maximum atomic E-state index is 11.3. The number of pyridine rings is 1. The van der Waals surface area contributed by atoms with E-state index >= 15 is 0 Å². The molecule has 0 radical (unpaired) electrons. The lowest BCUT2D eigenvalue weighted by Gasteiger charge is -2.24. The summed E-state index contributed by atoms with van der Waals surface area (Å²) >= 11 is 6.27. The Morgan fingerprint density at radius 2 is 2.15 bits per heavy atom. The lowest BCUT2D eigenvalue weighted by molar-refractivity contribution is -0.199. The smallest absolute Gasteiger partial charge is 0.222 e. The molecule has 2 saturated heterocycles. The van der Waals surface area contributed by atoms with Crippen LogP contribution in [0, 0.1) is 0 Å². The van der Waals surface area contributed by atoms with Crippen LogP contribution in [0.3, 0.4) is 0 Å². The number of nitrogens with zero attached hydrogens (tertiary/aromatic N) is 3. The second-order valence-corrected chi connectivity index (χ2v) is 7.21. The number of aliphatic hydroxyl groups excluding tert-OH is 1. The maximum absolute atomic E-state index is 11.3. The van der Waals surface area contributed by atoms with Gasteiger partial charge in [-0.2, -0.15) is 0 Å². The number of amides is 1. The molecule has 0 spiro atoms. The number of rotatable bonds is 3. The van der Waals surface area contributed by atoms with Crippen LogP contribution in [0.2, 0.25) is 5.02 Å². The van der Waals surface area contributed by atoms with Crippen LogP contribution < -0.4 is 5.32 Å². The van der Waals surface area contributed by atoms with Gasteiger partial charge in [-0.25, -0.2) is 9.97 Å². The first kappa shape index (κ1) is 17.6. The summed E-state index contributed by atoms with van der Waals surface area (Å²) in [4.78, 5) is 20.1. The highest BCUT2D eigenvalue weighted by Crippen LogP contribution is 2.43. The predicted octanol–water partition coefficient (Wildman–Crippen LogP) is 1.45. The topological polar surface area (TPSA) is 108 Å². The van der Waals surface area contributed by atoms with Gasteiger partial charge in [0.2, 0.25) is 5.91 Å². The van der Waals surface area contributed by atoms with Gasteiger partial charge in [0.15, 0.2) is 17.7 Å². The highest BCUT2D eigenvalue weighted by molar-refractivity contribution is 6.35. The minimum atomic E-state index is -0.784. The SMILES string of the molecule is CC(=O)Nc1cc(Cl)c2ncn([C@@H]3O[C@H](CO)[C@H]4OC(C)(C)O[C@H]43)c2n1. The van der Waals surface area contributed by atoms with Gasteiger partial charge in [0.1, 0.15) is 29.6 Å². The lowest BCUT2D eigenvalue weighted by atomic mass is 10.1. The van der Waals surface area contributed by atoms with Crippen molar-refractivity contribution in [3.8, 4) is 0 Å². The molecule has 2 aromatic heterocycles. The number of aromatic nitrogens is 3. The zero-order valence-electron chi connectivity index (χ0n) is 14.5. The normalized spacial score (nSPS) is 29.9. The molecule has 0 aromatic carbocycles. The van der Waals surface area contributed by atoms with Gasteiger partial charge in [-0.3, -0.25) is 9.36 Å². The van der Waals surface area contributed by atoms with E-state index in [-0.39, 0.29) is 12.5 Å². The van der Waals surface area contributed by atoms with Crippen LogP contribution in [0.5, 0.6) is 0 Å². The van der Waals surface area contributed by atoms with E-state index in [2.05, 4.69) is 15.3 Å². The van der Waals surface area contributed by atoms with E-state index in [0.29, 0.717) is 22.0 Å². The van der Waals surface area contributed by atoms with Gasteiger partial charge in [0, 0.05) is 13.0 Å². The summed E-state index contributed by atoms with van der Waals surface area (Å²) in [5.74, 6) is -0.729. The molecule has 0 saturated carbocycles. The summed E-state index contributed by atoms with van der Waals surface area (Å²) in [6.07, 6.45) is -0.425. The van der Waals surface area contributed by atoms with Crippen molar-refractivity contribution < 1.29 is 24.1 Å². The van der Waals surface area contributed by atoms with E-state index in [1.165, 1.54) is 13.0 Å². The Balaban J connectivity index is 1.76. The number of nitrogens with one attached hydrogen (secondary N) is 1. The number of imidazole rings is 1. The van der Waals surface area contributed by atoms with Crippen molar-refractivity contribution in [2.75, 3.05) is 11.9 Å². The van der Waals surface area contributed by atoms with Crippen molar-refractivity contribution in [3.63, 3.8) is 0 Å². The number of halogens is 1. The number of fused-ring (bicyclic) bond motifs is 2. The minimum absolute atomic E-state index is 0.199. The van der Waals surface area contributed by atoms with E-state index in [4.69, 9.17) is 25.8 Å². The molecule has 4 rings (SSSR count). The van der Waals surface area contributed by atoms with Crippen LogP contribution in [0.15, 0.2) is 12.4 Å². The molecular formula is C16H19ClN4O5. The van der Waals surface area contributed by atoms with Gasteiger partial charge in [-0.05, 0) is 13.8 Å². The molecule has 140 valence electrons. The molecule has 2 N–H and O–H groups in total. The number of anilines is 1. The molecule has 26 heavy (non-hydrogen) atoms. The van der Waals surface area contributed by atoms with Crippen molar-refractivity contribution >= 4 is 34.5 Å². The quantitative estimate of drug-likeness (QED) is 0.827.